The third-order valence-corrected chi connectivity index (χ3v) is 4.25. The van der Waals surface area contributed by atoms with Crippen LogP contribution in [0.25, 0.3) is 0 Å². The van der Waals surface area contributed by atoms with Crippen molar-refractivity contribution in [1.29, 1.82) is 0 Å². The number of hydrogen-bond donors (Lipinski definition) is 0. The minimum Gasteiger partial charge on any atom is -0.321 e. The summed E-state index contributed by atoms with van der Waals surface area (Å²) in [5.41, 5.74) is 2.69. The Morgan fingerprint density at radius 1 is 1.35 bits per heavy atom. The fourth-order valence-corrected chi connectivity index (χ4v) is 2.70. The average Bonchev–Trinajstić information content (AvgIpc) is 3.21. The summed E-state index contributed by atoms with van der Waals surface area (Å²) in [5.74, 6) is 1.04. The molecule has 0 radical (unpaired) electrons. The van der Waals surface area contributed by atoms with Gasteiger partial charge in [0, 0.05) is 19.6 Å². The fourth-order valence-electron chi connectivity index (χ4n) is 2.55. The molecule has 0 saturated heterocycles. The minimum atomic E-state index is 0.700. The summed E-state index contributed by atoms with van der Waals surface area (Å²) in [6.45, 7) is 3.99. The number of rotatable bonds is 5. The van der Waals surface area contributed by atoms with E-state index in [1.807, 2.05) is 11.6 Å². The molecule has 0 spiro atoms. The lowest BCUT2D eigenvalue weighted by Gasteiger charge is -2.22. The number of nitrogens with zero attached hydrogens (tertiary/aromatic N) is 3. The van der Waals surface area contributed by atoms with E-state index in [1.165, 1.54) is 24.0 Å². The lowest BCUT2D eigenvalue weighted by Crippen LogP contribution is -2.26. The molecule has 1 aromatic heterocycles. The Balaban J connectivity index is 1.74. The highest BCUT2D eigenvalue weighted by Crippen LogP contribution is 2.30. The Morgan fingerprint density at radius 2 is 2.15 bits per heavy atom. The zero-order valence-corrected chi connectivity index (χ0v) is 12.8. The van der Waals surface area contributed by atoms with Gasteiger partial charge in [0.2, 0.25) is 0 Å². The quantitative estimate of drug-likeness (QED) is 0.839. The summed E-state index contributed by atoms with van der Waals surface area (Å²) in [7, 11) is 1.97. The van der Waals surface area contributed by atoms with Gasteiger partial charge in [-0.15, -0.1) is 0 Å². The number of halogens is 1. The summed E-state index contributed by atoms with van der Waals surface area (Å²) in [5, 5.41) is 0.700. The van der Waals surface area contributed by atoms with E-state index in [2.05, 4.69) is 41.1 Å². The molecule has 2 aromatic rings. The van der Waals surface area contributed by atoms with Gasteiger partial charge in [-0.2, -0.15) is 0 Å². The van der Waals surface area contributed by atoms with E-state index in [0.29, 0.717) is 11.2 Å². The molecule has 1 saturated carbocycles. The van der Waals surface area contributed by atoms with E-state index >= 15 is 0 Å². The third-order valence-electron chi connectivity index (χ3n) is 3.90. The number of imidazole rings is 1. The van der Waals surface area contributed by atoms with Gasteiger partial charge in [0.1, 0.15) is 11.0 Å². The molecule has 1 aliphatic carbocycles. The number of benzene rings is 1. The maximum atomic E-state index is 6.07. The molecule has 3 rings (SSSR count). The first-order valence-corrected chi connectivity index (χ1v) is 7.47. The van der Waals surface area contributed by atoms with E-state index in [-0.39, 0.29) is 0 Å². The van der Waals surface area contributed by atoms with Crippen LogP contribution in [-0.4, -0.2) is 20.5 Å². The van der Waals surface area contributed by atoms with Crippen molar-refractivity contribution < 1.29 is 0 Å². The normalized spacial score (nSPS) is 15.0. The Labute approximate surface area is 125 Å². The van der Waals surface area contributed by atoms with Gasteiger partial charge in [-0.05, 0) is 25.3 Å². The highest BCUT2D eigenvalue weighted by atomic mass is 35.5. The van der Waals surface area contributed by atoms with Crippen molar-refractivity contribution >= 4 is 11.6 Å². The van der Waals surface area contributed by atoms with Crippen molar-refractivity contribution in [3.05, 3.63) is 52.6 Å². The van der Waals surface area contributed by atoms with Crippen LogP contribution in [0.3, 0.4) is 0 Å². The van der Waals surface area contributed by atoms with Crippen LogP contribution in [-0.2, 0) is 20.1 Å². The van der Waals surface area contributed by atoms with Gasteiger partial charge in [-0.25, -0.2) is 4.98 Å². The molecular weight excluding hydrogens is 270 g/mol. The molecule has 0 bridgehead atoms. The first kappa shape index (κ1) is 13.7. The van der Waals surface area contributed by atoms with E-state index in [4.69, 9.17) is 11.6 Å². The van der Waals surface area contributed by atoms with Crippen LogP contribution in [0.2, 0.25) is 5.15 Å². The molecule has 1 aromatic carbocycles. The topological polar surface area (TPSA) is 21.1 Å². The molecule has 0 unspecified atom stereocenters. The van der Waals surface area contributed by atoms with Gasteiger partial charge in [0.25, 0.3) is 0 Å². The molecule has 0 N–H and O–H groups in total. The van der Waals surface area contributed by atoms with Crippen LogP contribution < -0.4 is 0 Å². The van der Waals surface area contributed by atoms with Gasteiger partial charge in [-0.1, -0.05) is 41.4 Å². The Kier molecular flexibility index (Phi) is 3.81. The van der Waals surface area contributed by atoms with Gasteiger partial charge in [0.05, 0.1) is 12.7 Å². The van der Waals surface area contributed by atoms with Crippen molar-refractivity contribution in [3.63, 3.8) is 0 Å². The van der Waals surface area contributed by atoms with E-state index in [1.54, 1.807) is 6.20 Å². The molecule has 1 aliphatic rings. The molecule has 1 heterocycles. The smallest absolute Gasteiger partial charge is 0.128 e. The fraction of sp³-hybridized carbons (Fsp3) is 0.438. The van der Waals surface area contributed by atoms with E-state index < -0.39 is 0 Å². The molecule has 20 heavy (non-hydrogen) atoms. The highest BCUT2D eigenvalue weighted by molar-refractivity contribution is 6.29. The van der Waals surface area contributed by atoms with Crippen molar-refractivity contribution in [2.45, 2.75) is 38.9 Å². The number of aromatic nitrogens is 2. The third kappa shape index (κ3) is 3.05. The lowest BCUT2D eigenvalue weighted by molar-refractivity contribution is 0.237. The molecular formula is C16H20ClN3. The van der Waals surface area contributed by atoms with Crippen LogP contribution in [0.5, 0.6) is 0 Å². The van der Waals surface area contributed by atoms with E-state index in [9.17, 15) is 0 Å². The molecule has 106 valence electrons. The Hall–Kier alpha value is -1.32. The van der Waals surface area contributed by atoms with Gasteiger partial charge >= 0.3 is 0 Å². The first-order valence-electron chi connectivity index (χ1n) is 7.09. The Morgan fingerprint density at radius 3 is 2.75 bits per heavy atom. The molecule has 1 fully saturated rings. The molecule has 3 nitrogen and oxygen atoms in total. The summed E-state index contributed by atoms with van der Waals surface area (Å²) < 4.78 is 1.97. The van der Waals surface area contributed by atoms with Crippen molar-refractivity contribution in [2.24, 2.45) is 7.05 Å². The van der Waals surface area contributed by atoms with Crippen LogP contribution in [0.15, 0.2) is 30.5 Å². The van der Waals surface area contributed by atoms with Crippen molar-refractivity contribution in [3.8, 4) is 0 Å². The largest absolute Gasteiger partial charge is 0.321 e. The van der Waals surface area contributed by atoms with Gasteiger partial charge < -0.3 is 4.57 Å². The van der Waals surface area contributed by atoms with Crippen LogP contribution in [0.4, 0.5) is 0 Å². The SMILES string of the molecule is Cc1cccc(CN(Cc2ncc(Cl)n2C)C2CC2)c1. The second kappa shape index (κ2) is 5.58. The summed E-state index contributed by atoms with van der Waals surface area (Å²) >= 11 is 6.07. The molecule has 0 amide bonds. The molecule has 0 atom stereocenters. The molecule has 0 aliphatic heterocycles. The van der Waals surface area contributed by atoms with Crippen LogP contribution in [0, 0.1) is 6.92 Å². The molecule has 4 heteroatoms. The second-order valence-corrected chi connectivity index (χ2v) is 6.07. The average molecular weight is 290 g/mol. The first-order chi connectivity index (χ1) is 9.63. The zero-order chi connectivity index (χ0) is 14.1. The minimum absolute atomic E-state index is 0.700. The van der Waals surface area contributed by atoms with Crippen LogP contribution in [0.1, 0.15) is 29.8 Å². The maximum Gasteiger partial charge on any atom is 0.128 e. The van der Waals surface area contributed by atoms with E-state index in [0.717, 1.165) is 18.9 Å². The van der Waals surface area contributed by atoms with Crippen molar-refractivity contribution in [1.82, 2.24) is 14.5 Å². The predicted molar refractivity (Wildman–Crippen MR) is 81.7 cm³/mol. The number of aryl methyl sites for hydroxylation is 1. The van der Waals surface area contributed by atoms with Crippen molar-refractivity contribution in [2.75, 3.05) is 0 Å². The Bertz CT molecular complexity index is 602. The summed E-state index contributed by atoms with van der Waals surface area (Å²) in [6, 6.07) is 9.44. The monoisotopic (exact) mass is 289 g/mol. The lowest BCUT2D eigenvalue weighted by atomic mass is 10.1. The maximum absolute atomic E-state index is 6.07. The zero-order valence-electron chi connectivity index (χ0n) is 12.0. The summed E-state index contributed by atoms with van der Waals surface area (Å²) in [6.07, 6.45) is 4.32. The highest BCUT2D eigenvalue weighted by Gasteiger charge is 2.29. The predicted octanol–water partition coefficient (Wildman–Crippen LogP) is 3.55. The standard InChI is InChI=1S/C16H20ClN3/c1-12-4-3-5-13(8-12)10-20(14-6-7-14)11-16-18-9-15(17)19(16)2/h3-5,8-9,14H,6-7,10-11H2,1-2H3. The summed E-state index contributed by atoms with van der Waals surface area (Å²) in [4.78, 5) is 6.92. The van der Waals surface area contributed by atoms with Gasteiger partial charge in [-0.3, -0.25) is 4.90 Å². The second-order valence-electron chi connectivity index (χ2n) is 5.68. The number of hydrogen-bond acceptors (Lipinski definition) is 2. The van der Waals surface area contributed by atoms with Gasteiger partial charge in [0.15, 0.2) is 0 Å². The van der Waals surface area contributed by atoms with Crippen LogP contribution >= 0.6 is 11.6 Å².